The van der Waals surface area contributed by atoms with Gasteiger partial charge < -0.3 is 10.2 Å². The van der Waals surface area contributed by atoms with Gasteiger partial charge in [0.05, 0.1) is 4.88 Å². The molecule has 0 saturated heterocycles. The highest BCUT2D eigenvalue weighted by Gasteiger charge is 2.05. The summed E-state index contributed by atoms with van der Waals surface area (Å²) in [7, 11) is 0. The molecule has 0 unspecified atom stereocenters. The van der Waals surface area contributed by atoms with Crippen molar-refractivity contribution in [2.75, 3.05) is 25.0 Å². The summed E-state index contributed by atoms with van der Waals surface area (Å²) < 4.78 is 0. The van der Waals surface area contributed by atoms with Gasteiger partial charge in [-0.25, -0.2) is 4.98 Å². The molecular formula is C23H29N3S. The molecule has 0 amide bonds. The molecule has 0 radical (unpaired) electrons. The zero-order valence-corrected chi connectivity index (χ0v) is 17.1. The van der Waals surface area contributed by atoms with Gasteiger partial charge in [0.1, 0.15) is 0 Å². The highest BCUT2D eigenvalue weighted by Crippen LogP contribution is 2.30. The Morgan fingerprint density at radius 1 is 0.963 bits per heavy atom. The maximum absolute atomic E-state index is 4.51. The summed E-state index contributed by atoms with van der Waals surface area (Å²) in [5, 5.41) is 4.35. The molecule has 2 aromatic carbocycles. The fraction of sp³-hybridized carbons (Fsp3) is 0.348. The Labute approximate surface area is 167 Å². The molecule has 0 atom stereocenters. The minimum Gasteiger partial charge on any atom is -0.332 e. The molecule has 0 aliphatic rings. The summed E-state index contributed by atoms with van der Waals surface area (Å²) in [6, 6.07) is 19.2. The molecule has 27 heavy (non-hydrogen) atoms. The van der Waals surface area contributed by atoms with Crippen LogP contribution in [0.25, 0.3) is 10.4 Å². The van der Waals surface area contributed by atoms with Crippen LogP contribution < -0.4 is 5.32 Å². The third kappa shape index (κ3) is 5.91. The van der Waals surface area contributed by atoms with Gasteiger partial charge in [0.2, 0.25) is 0 Å². The van der Waals surface area contributed by atoms with Crippen LogP contribution in [0.2, 0.25) is 0 Å². The molecule has 0 aliphatic carbocycles. The van der Waals surface area contributed by atoms with Gasteiger partial charge in [-0.1, -0.05) is 67.6 Å². The maximum atomic E-state index is 4.51. The van der Waals surface area contributed by atoms with Crippen molar-refractivity contribution in [2.24, 2.45) is 0 Å². The third-order valence-corrected chi connectivity index (χ3v) is 5.66. The summed E-state index contributed by atoms with van der Waals surface area (Å²) in [5.74, 6) is 0. The number of rotatable bonds is 10. The highest BCUT2D eigenvalue weighted by atomic mass is 32.1. The average molecular weight is 380 g/mol. The summed E-state index contributed by atoms with van der Waals surface area (Å²) in [4.78, 5) is 8.22. The van der Waals surface area contributed by atoms with Crippen LogP contribution in [0.4, 0.5) is 10.8 Å². The van der Waals surface area contributed by atoms with Crippen molar-refractivity contribution in [3.05, 3.63) is 66.4 Å². The van der Waals surface area contributed by atoms with Crippen molar-refractivity contribution in [2.45, 2.75) is 33.1 Å². The zero-order chi connectivity index (χ0) is 18.9. The van der Waals surface area contributed by atoms with Gasteiger partial charge in [0, 0.05) is 11.9 Å². The second kappa shape index (κ2) is 10.2. The molecule has 0 bridgehead atoms. The van der Waals surface area contributed by atoms with E-state index in [1.54, 1.807) is 11.3 Å². The van der Waals surface area contributed by atoms with Crippen molar-refractivity contribution >= 4 is 22.2 Å². The minimum atomic E-state index is 0.930. The first-order valence-electron chi connectivity index (χ1n) is 9.88. The largest absolute Gasteiger partial charge is 0.332 e. The van der Waals surface area contributed by atoms with Crippen LogP contribution in [-0.4, -0.2) is 29.5 Å². The van der Waals surface area contributed by atoms with Crippen LogP contribution in [0.5, 0.6) is 0 Å². The Kier molecular flexibility index (Phi) is 7.43. The quantitative estimate of drug-likeness (QED) is 0.453. The lowest BCUT2D eigenvalue weighted by atomic mass is 10.1. The zero-order valence-electron chi connectivity index (χ0n) is 16.3. The van der Waals surface area contributed by atoms with Gasteiger partial charge >= 0.3 is 0 Å². The van der Waals surface area contributed by atoms with Crippen molar-refractivity contribution in [1.82, 2.24) is 9.88 Å². The highest BCUT2D eigenvalue weighted by molar-refractivity contribution is 7.18. The summed E-state index contributed by atoms with van der Waals surface area (Å²) in [6.07, 6.45) is 5.52. The molecule has 3 rings (SSSR count). The number of thiazole rings is 1. The summed E-state index contributed by atoms with van der Waals surface area (Å²) >= 11 is 1.68. The molecule has 0 spiro atoms. The van der Waals surface area contributed by atoms with Gasteiger partial charge in [-0.3, -0.25) is 0 Å². The minimum absolute atomic E-state index is 0.930. The first-order chi connectivity index (χ1) is 13.3. The number of aromatic nitrogens is 1. The Morgan fingerprint density at radius 3 is 2.44 bits per heavy atom. The van der Waals surface area contributed by atoms with E-state index in [2.05, 4.69) is 77.6 Å². The smallest absolute Gasteiger partial charge is 0.187 e. The fourth-order valence-corrected chi connectivity index (χ4v) is 4.04. The van der Waals surface area contributed by atoms with Crippen molar-refractivity contribution < 1.29 is 0 Å². The molecule has 4 heteroatoms. The Bertz CT molecular complexity index is 796. The van der Waals surface area contributed by atoms with Gasteiger partial charge in [-0.2, -0.15) is 0 Å². The molecule has 142 valence electrons. The molecule has 3 nitrogen and oxygen atoms in total. The van der Waals surface area contributed by atoms with Crippen LogP contribution in [0.3, 0.4) is 0 Å². The molecule has 1 aromatic heterocycles. The SMILES string of the molecule is CCCN(CC)CCCc1ccc(Nc2ncc(-c3ccccc3)s2)cc1. The van der Waals surface area contributed by atoms with Crippen LogP contribution in [0, 0.1) is 0 Å². The lowest BCUT2D eigenvalue weighted by Gasteiger charge is -2.19. The fourth-order valence-electron chi connectivity index (χ4n) is 3.20. The van der Waals surface area contributed by atoms with E-state index in [1.807, 2.05) is 12.3 Å². The normalized spacial score (nSPS) is 11.1. The lowest BCUT2D eigenvalue weighted by molar-refractivity contribution is 0.285. The van der Waals surface area contributed by atoms with E-state index < -0.39 is 0 Å². The third-order valence-electron chi connectivity index (χ3n) is 4.70. The van der Waals surface area contributed by atoms with E-state index in [0.29, 0.717) is 0 Å². The second-order valence-electron chi connectivity index (χ2n) is 6.76. The van der Waals surface area contributed by atoms with Gasteiger partial charge in [-0.15, -0.1) is 0 Å². The molecule has 1 heterocycles. The van der Waals surface area contributed by atoms with Crippen molar-refractivity contribution in [3.8, 4) is 10.4 Å². The molecular weight excluding hydrogens is 350 g/mol. The summed E-state index contributed by atoms with van der Waals surface area (Å²) in [6.45, 7) is 8.04. The number of hydrogen-bond acceptors (Lipinski definition) is 4. The molecule has 0 aliphatic heterocycles. The van der Waals surface area contributed by atoms with Gasteiger partial charge in [-0.05, 0) is 62.2 Å². The number of hydrogen-bond donors (Lipinski definition) is 1. The molecule has 3 aromatic rings. The van der Waals surface area contributed by atoms with Crippen molar-refractivity contribution in [3.63, 3.8) is 0 Å². The van der Waals surface area contributed by atoms with E-state index in [4.69, 9.17) is 0 Å². The van der Waals surface area contributed by atoms with Crippen LogP contribution in [0.1, 0.15) is 32.3 Å². The number of anilines is 2. The maximum Gasteiger partial charge on any atom is 0.187 e. The number of benzene rings is 2. The van der Waals surface area contributed by atoms with Crippen LogP contribution >= 0.6 is 11.3 Å². The first-order valence-corrected chi connectivity index (χ1v) is 10.7. The topological polar surface area (TPSA) is 28.2 Å². The van der Waals surface area contributed by atoms with Crippen LogP contribution in [0.15, 0.2) is 60.8 Å². The standard InChI is InChI=1S/C23H29N3S/c1-3-16-26(4-2)17-8-9-19-12-14-21(15-13-19)25-23-24-18-22(27-23)20-10-6-5-7-11-20/h5-7,10-15,18H,3-4,8-9,16-17H2,1-2H3,(H,24,25). The Balaban J connectivity index is 1.51. The van der Waals surface area contributed by atoms with E-state index in [-0.39, 0.29) is 0 Å². The predicted octanol–water partition coefficient (Wildman–Crippen LogP) is 6.22. The average Bonchev–Trinajstić information content (AvgIpc) is 3.18. The Hall–Kier alpha value is -2.17. The predicted molar refractivity (Wildman–Crippen MR) is 118 cm³/mol. The molecule has 0 fully saturated rings. The van der Waals surface area contributed by atoms with E-state index in [1.165, 1.54) is 41.9 Å². The van der Waals surface area contributed by atoms with E-state index >= 15 is 0 Å². The number of aryl methyl sites for hydroxylation is 1. The Morgan fingerprint density at radius 2 is 1.74 bits per heavy atom. The molecule has 0 saturated carbocycles. The lowest BCUT2D eigenvalue weighted by Crippen LogP contribution is -2.25. The van der Waals surface area contributed by atoms with E-state index in [0.717, 1.165) is 23.8 Å². The number of nitrogens with one attached hydrogen (secondary N) is 1. The van der Waals surface area contributed by atoms with E-state index in [9.17, 15) is 0 Å². The van der Waals surface area contributed by atoms with Gasteiger partial charge in [0.15, 0.2) is 5.13 Å². The van der Waals surface area contributed by atoms with Crippen molar-refractivity contribution in [1.29, 1.82) is 0 Å². The molecule has 1 N–H and O–H groups in total. The second-order valence-corrected chi connectivity index (χ2v) is 7.79. The number of nitrogens with zero attached hydrogens (tertiary/aromatic N) is 2. The first kappa shape index (κ1) is 19.6. The monoisotopic (exact) mass is 379 g/mol. The van der Waals surface area contributed by atoms with Crippen LogP contribution in [-0.2, 0) is 6.42 Å². The summed E-state index contributed by atoms with van der Waals surface area (Å²) in [5.41, 5.74) is 3.70. The van der Waals surface area contributed by atoms with Gasteiger partial charge in [0.25, 0.3) is 0 Å².